The van der Waals surface area contributed by atoms with Crippen LogP contribution in [0.25, 0.3) is 0 Å². The van der Waals surface area contributed by atoms with E-state index >= 15 is 0 Å². The van der Waals surface area contributed by atoms with Gasteiger partial charge in [0.05, 0.1) is 6.04 Å². The van der Waals surface area contributed by atoms with Crippen molar-refractivity contribution in [3.8, 4) is 0 Å². The quantitative estimate of drug-likeness (QED) is 0.735. The molecule has 0 spiro atoms. The van der Waals surface area contributed by atoms with Gasteiger partial charge < -0.3 is 10.2 Å². The van der Waals surface area contributed by atoms with Crippen LogP contribution in [0.5, 0.6) is 0 Å². The van der Waals surface area contributed by atoms with Gasteiger partial charge in [0, 0.05) is 41.0 Å². The second-order valence-electron chi connectivity index (χ2n) is 6.34. The summed E-state index contributed by atoms with van der Waals surface area (Å²) >= 11 is 13.7. The molecule has 1 amide bonds. The number of nitrogens with one attached hydrogen (secondary N) is 1. The zero-order valence-corrected chi connectivity index (χ0v) is 17.1. The number of carbonyl (C=O) groups excluding carboxylic acids is 1. The molecular formula is C17H22Cl3N3OS. The first-order valence-electron chi connectivity index (χ1n) is 8.20. The average Bonchev–Trinajstić information content (AvgIpc) is 3.11. The Hall–Kier alpha value is -0.620. The molecule has 0 bridgehead atoms. The Kier molecular flexibility index (Phi) is 7.74. The molecule has 1 N–H and O–H groups in total. The SMILES string of the molecule is CN1/C(=N/C2CCCC2)SCC1CC(=O)Nc1cc(Cl)cc(Cl)c1.Cl. The molecule has 1 atom stereocenters. The highest BCUT2D eigenvalue weighted by Gasteiger charge is 2.30. The van der Waals surface area contributed by atoms with E-state index < -0.39 is 0 Å². The summed E-state index contributed by atoms with van der Waals surface area (Å²) in [6.45, 7) is 0. The van der Waals surface area contributed by atoms with Crippen molar-refractivity contribution < 1.29 is 4.79 Å². The lowest BCUT2D eigenvalue weighted by Crippen LogP contribution is -2.34. The Morgan fingerprint density at radius 3 is 2.56 bits per heavy atom. The number of anilines is 1. The monoisotopic (exact) mass is 421 g/mol. The van der Waals surface area contributed by atoms with E-state index in [1.165, 1.54) is 25.7 Å². The Balaban J connectivity index is 0.00000225. The topological polar surface area (TPSA) is 44.7 Å². The molecule has 0 aromatic heterocycles. The minimum Gasteiger partial charge on any atom is -0.350 e. The van der Waals surface area contributed by atoms with Crippen LogP contribution in [0.2, 0.25) is 10.0 Å². The molecule has 1 aromatic carbocycles. The van der Waals surface area contributed by atoms with Crippen molar-refractivity contribution in [1.29, 1.82) is 0 Å². The number of benzene rings is 1. The fourth-order valence-electron chi connectivity index (χ4n) is 3.11. The van der Waals surface area contributed by atoms with Crippen LogP contribution in [0, 0.1) is 0 Å². The third-order valence-corrected chi connectivity index (χ3v) is 6.08. The molecule has 1 unspecified atom stereocenters. The van der Waals surface area contributed by atoms with Crippen molar-refractivity contribution in [2.75, 3.05) is 18.1 Å². The van der Waals surface area contributed by atoms with Crippen LogP contribution in [-0.4, -0.2) is 40.9 Å². The summed E-state index contributed by atoms with van der Waals surface area (Å²) in [5, 5.41) is 4.97. The first kappa shape index (κ1) is 20.7. The summed E-state index contributed by atoms with van der Waals surface area (Å²) in [5.74, 6) is 0.860. The molecule has 138 valence electrons. The van der Waals surface area contributed by atoms with E-state index in [2.05, 4.69) is 10.2 Å². The fourth-order valence-corrected chi connectivity index (χ4v) is 4.89. The Bertz CT molecular complexity index is 630. The van der Waals surface area contributed by atoms with Gasteiger partial charge in [0.2, 0.25) is 5.91 Å². The molecule has 3 rings (SSSR count). The predicted molar refractivity (Wildman–Crippen MR) is 111 cm³/mol. The first-order valence-corrected chi connectivity index (χ1v) is 9.95. The van der Waals surface area contributed by atoms with E-state index in [1.54, 1.807) is 30.0 Å². The normalized spacial score (nSPS) is 22.3. The van der Waals surface area contributed by atoms with Gasteiger partial charge in [-0.25, -0.2) is 0 Å². The Morgan fingerprint density at radius 1 is 1.28 bits per heavy atom. The van der Waals surface area contributed by atoms with Crippen molar-refractivity contribution in [2.45, 2.75) is 44.2 Å². The molecule has 25 heavy (non-hydrogen) atoms. The zero-order valence-electron chi connectivity index (χ0n) is 14.0. The molecule has 4 nitrogen and oxygen atoms in total. The minimum atomic E-state index is -0.0344. The summed E-state index contributed by atoms with van der Waals surface area (Å²) < 4.78 is 0. The lowest BCUT2D eigenvalue weighted by molar-refractivity contribution is -0.116. The number of thioether (sulfide) groups is 1. The number of hydrogen-bond donors (Lipinski definition) is 1. The second-order valence-corrected chi connectivity index (χ2v) is 8.20. The van der Waals surface area contributed by atoms with Gasteiger partial charge in [0.25, 0.3) is 0 Å². The first-order chi connectivity index (χ1) is 11.5. The van der Waals surface area contributed by atoms with Crippen LogP contribution in [0.1, 0.15) is 32.1 Å². The van der Waals surface area contributed by atoms with Gasteiger partial charge >= 0.3 is 0 Å². The number of amides is 1. The lowest BCUT2D eigenvalue weighted by Gasteiger charge is -2.21. The van der Waals surface area contributed by atoms with E-state index in [-0.39, 0.29) is 24.4 Å². The van der Waals surface area contributed by atoms with Crippen molar-refractivity contribution in [1.82, 2.24) is 4.90 Å². The van der Waals surface area contributed by atoms with Crippen LogP contribution in [0.15, 0.2) is 23.2 Å². The smallest absolute Gasteiger partial charge is 0.226 e. The summed E-state index contributed by atoms with van der Waals surface area (Å²) in [6, 6.07) is 5.68. The molecule has 1 aromatic rings. The maximum absolute atomic E-state index is 12.3. The van der Waals surface area contributed by atoms with Crippen molar-refractivity contribution >= 4 is 64.1 Å². The number of hydrogen-bond acceptors (Lipinski definition) is 3. The van der Waals surface area contributed by atoms with E-state index in [9.17, 15) is 4.79 Å². The van der Waals surface area contributed by atoms with Gasteiger partial charge in [-0.3, -0.25) is 9.79 Å². The van der Waals surface area contributed by atoms with Gasteiger partial charge in [-0.2, -0.15) is 0 Å². The van der Waals surface area contributed by atoms with Crippen LogP contribution in [0.4, 0.5) is 5.69 Å². The molecule has 1 heterocycles. The lowest BCUT2D eigenvalue weighted by atomic mass is 10.2. The minimum absolute atomic E-state index is 0. The van der Waals surface area contributed by atoms with Gasteiger partial charge in [-0.15, -0.1) is 12.4 Å². The van der Waals surface area contributed by atoms with E-state index in [0.29, 0.717) is 28.2 Å². The number of aliphatic imine (C=N–C) groups is 1. The van der Waals surface area contributed by atoms with E-state index in [4.69, 9.17) is 28.2 Å². The summed E-state index contributed by atoms with van der Waals surface area (Å²) in [5.41, 5.74) is 0.630. The maximum Gasteiger partial charge on any atom is 0.226 e. The van der Waals surface area contributed by atoms with Crippen molar-refractivity contribution in [3.63, 3.8) is 0 Å². The average molecular weight is 423 g/mol. The highest BCUT2D eigenvalue weighted by molar-refractivity contribution is 8.14. The summed E-state index contributed by atoms with van der Waals surface area (Å²) in [4.78, 5) is 19.3. The summed E-state index contributed by atoms with van der Waals surface area (Å²) in [7, 11) is 2.03. The number of nitrogens with zero attached hydrogens (tertiary/aromatic N) is 2. The fraction of sp³-hybridized carbons (Fsp3) is 0.529. The van der Waals surface area contributed by atoms with Gasteiger partial charge in [-0.1, -0.05) is 47.8 Å². The summed E-state index contributed by atoms with van der Waals surface area (Å²) in [6.07, 6.45) is 5.38. The number of rotatable bonds is 4. The van der Waals surface area contributed by atoms with Gasteiger partial charge in [0.15, 0.2) is 5.17 Å². The Labute approximate surface area is 169 Å². The number of carbonyl (C=O) groups is 1. The van der Waals surface area contributed by atoms with Gasteiger partial charge in [0.1, 0.15) is 0 Å². The molecule has 8 heteroatoms. The van der Waals surface area contributed by atoms with Gasteiger partial charge in [-0.05, 0) is 31.0 Å². The van der Waals surface area contributed by atoms with Crippen LogP contribution >= 0.6 is 47.4 Å². The standard InChI is InChI=1S/C17H21Cl2N3OS.ClH/c1-22-15(10-24-17(22)21-13-4-2-3-5-13)9-16(23)20-14-7-11(18)6-12(19)8-14;/h6-8,13,15H,2-5,9-10H2,1H3,(H,20,23);1H/b21-17-;. The molecule has 1 aliphatic heterocycles. The van der Waals surface area contributed by atoms with Crippen LogP contribution in [-0.2, 0) is 4.79 Å². The molecule has 0 radical (unpaired) electrons. The molecule has 1 aliphatic carbocycles. The molecule has 1 saturated carbocycles. The number of amidine groups is 1. The highest BCUT2D eigenvalue weighted by atomic mass is 35.5. The number of halogens is 3. The Morgan fingerprint density at radius 2 is 1.92 bits per heavy atom. The third-order valence-electron chi connectivity index (χ3n) is 4.44. The molecule has 1 saturated heterocycles. The second kappa shape index (κ2) is 9.36. The van der Waals surface area contributed by atoms with Crippen molar-refractivity contribution in [2.24, 2.45) is 4.99 Å². The third kappa shape index (κ3) is 5.68. The van der Waals surface area contributed by atoms with E-state index in [1.807, 2.05) is 7.05 Å². The molecule has 2 aliphatic rings. The molecular weight excluding hydrogens is 401 g/mol. The highest BCUT2D eigenvalue weighted by Crippen LogP contribution is 2.29. The van der Waals surface area contributed by atoms with Crippen molar-refractivity contribution in [3.05, 3.63) is 28.2 Å². The maximum atomic E-state index is 12.3. The largest absolute Gasteiger partial charge is 0.350 e. The van der Waals surface area contributed by atoms with E-state index in [0.717, 1.165) is 10.9 Å². The molecule has 2 fully saturated rings. The van der Waals surface area contributed by atoms with Crippen LogP contribution < -0.4 is 5.32 Å². The van der Waals surface area contributed by atoms with Crippen LogP contribution in [0.3, 0.4) is 0 Å². The zero-order chi connectivity index (χ0) is 17.1. The predicted octanol–water partition coefficient (Wildman–Crippen LogP) is 5.09.